The fourth-order valence-corrected chi connectivity index (χ4v) is 2.36. The molecule has 5 nitrogen and oxygen atoms in total. The number of para-hydroxylation sites is 1. The van der Waals surface area contributed by atoms with Gasteiger partial charge in [-0.1, -0.05) is 50.3 Å². The van der Waals surface area contributed by atoms with Crippen molar-refractivity contribution in [3.05, 3.63) is 30.3 Å². The lowest BCUT2D eigenvalue weighted by atomic mass is 10.1. The van der Waals surface area contributed by atoms with Gasteiger partial charge in [0.05, 0.1) is 0 Å². The van der Waals surface area contributed by atoms with Crippen molar-refractivity contribution in [2.75, 3.05) is 18.5 Å². The topological polar surface area (TPSA) is 78.9 Å². The van der Waals surface area contributed by atoms with Crippen molar-refractivity contribution in [3.63, 3.8) is 0 Å². The summed E-state index contributed by atoms with van der Waals surface area (Å²) < 4.78 is 0. The second-order valence-electron chi connectivity index (χ2n) is 5.75. The van der Waals surface area contributed by atoms with Crippen LogP contribution in [0.5, 0.6) is 0 Å². The molecule has 0 atom stereocenters. The largest absolute Gasteiger partial charge is 0.481 e. The van der Waals surface area contributed by atoms with Gasteiger partial charge in [0.2, 0.25) is 0 Å². The van der Waals surface area contributed by atoms with Crippen LogP contribution in [0.25, 0.3) is 0 Å². The summed E-state index contributed by atoms with van der Waals surface area (Å²) in [5.41, 5.74) is 7.03. The average Bonchev–Trinajstić information content (AvgIpc) is 2.56. The Morgan fingerprint density at radius 3 is 2.22 bits per heavy atom. The zero-order valence-electron chi connectivity index (χ0n) is 14.1. The fourth-order valence-electron chi connectivity index (χ4n) is 2.36. The maximum atomic E-state index is 10.4. The molecule has 3 N–H and O–H groups in total. The highest BCUT2D eigenvalue weighted by atomic mass is 16.4. The molecule has 0 radical (unpaired) electrons. The Morgan fingerprint density at radius 2 is 1.61 bits per heavy atom. The zero-order valence-corrected chi connectivity index (χ0v) is 14.1. The number of nitrogens with zero attached hydrogens (tertiary/aromatic N) is 2. The lowest BCUT2D eigenvalue weighted by Crippen LogP contribution is -2.34. The van der Waals surface area contributed by atoms with Crippen molar-refractivity contribution >= 4 is 17.6 Å². The van der Waals surface area contributed by atoms with E-state index in [0.717, 1.165) is 44.3 Å². The smallest absolute Gasteiger partial charge is 0.303 e. The summed E-state index contributed by atoms with van der Waals surface area (Å²) in [6.45, 7) is 0.752. The van der Waals surface area contributed by atoms with Crippen LogP contribution in [0.15, 0.2) is 35.3 Å². The van der Waals surface area contributed by atoms with E-state index in [9.17, 15) is 4.79 Å². The van der Waals surface area contributed by atoms with E-state index in [1.165, 1.54) is 12.8 Å². The van der Waals surface area contributed by atoms with Crippen LogP contribution in [0.3, 0.4) is 0 Å². The first-order valence-corrected chi connectivity index (χ1v) is 8.41. The molecule has 5 heteroatoms. The fraction of sp³-hybridized carbons (Fsp3) is 0.556. The molecule has 1 aromatic carbocycles. The van der Waals surface area contributed by atoms with Gasteiger partial charge in [-0.15, -0.1) is 0 Å². The Hall–Kier alpha value is -2.04. The number of hydrogen-bond acceptors (Lipinski definition) is 2. The highest BCUT2D eigenvalue weighted by Crippen LogP contribution is 2.11. The average molecular weight is 319 g/mol. The molecular weight excluding hydrogens is 290 g/mol. The summed E-state index contributed by atoms with van der Waals surface area (Å²) in [5.74, 6) is -0.147. The number of nitrogens with two attached hydrogens (primary N) is 1. The number of aliphatic carboxylic acids is 1. The number of aliphatic imine (C=N–C) groups is 1. The van der Waals surface area contributed by atoms with Crippen molar-refractivity contribution in [1.82, 2.24) is 0 Å². The highest BCUT2D eigenvalue weighted by Gasteiger charge is 2.03. The van der Waals surface area contributed by atoms with E-state index in [1.54, 1.807) is 0 Å². The number of benzene rings is 1. The summed E-state index contributed by atoms with van der Waals surface area (Å²) >= 11 is 0. The first-order chi connectivity index (χ1) is 11.1. The van der Waals surface area contributed by atoms with Crippen molar-refractivity contribution in [1.29, 1.82) is 0 Å². The number of unbranched alkanes of at least 4 members (excludes halogenated alkanes) is 6. The number of guanidine groups is 1. The first-order valence-electron chi connectivity index (χ1n) is 8.41. The third-order valence-electron chi connectivity index (χ3n) is 3.81. The van der Waals surface area contributed by atoms with Crippen LogP contribution in [0.2, 0.25) is 0 Å². The Kier molecular flexibility index (Phi) is 9.52. The van der Waals surface area contributed by atoms with Gasteiger partial charge in [0.1, 0.15) is 0 Å². The van der Waals surface area contributed by atoms with E-state index in [4.69, 9.17) is 10.8 Å². The van der Waals surface area contributed by atoms with Gasteiger partial charge >= 0.3 is 5.97 Å². The van der Waals surface area contributed by atoms with Gasteiger partial charge in [0, 0.05) is 25.7 Å². The highest BCUT2D eigenvalue weighted by molar-refractivity contribution is 5.94. The van der Waals surface area contributed by atoms with Crippen LogP contribution in [0.1, 0.15) is 51.4 Å². The molecule has 0 spiro atoms. The van der Waals surface area contributed by atoms with Crippen molar-refractivity contribution in [2.24, 2.45) is 10.7 Å². The summed E-state index contributed by atoms with van der Waals surface area (Å²) in [6.07, 6.45) is 7.75. The van der Waals surface area contributed by atoms with E-state index in [1.807, 2.05) is 42.3 Å². The predicted molar refractivity (Wildman–Crippen MR) is 95.9 cm³/mol. The molecule has 0 amide bonds. The van der Waals surface area contributed by atoms with Crippen LogP contribution in [0, 0.1) is 0 Å². The Bertz CT molecular complexity index is 474. The van der Waals surface area contributed by atoms with Crippen LogP contribution in [-0.2, 0) is 4.79 Å². The Labute approximate surface area is 139 Å². The SMILES string of the molecule is CN(C(N)=NCCCCCCCCCC(=O)O)c1ccccc1. The maximum Gasteiger partial charge on any atom is 0.303 e. The van der Waals surface area contributed by atoms with Crippen molar-refractivity contribution in [3.8, 4) is 0 Å². The van der Waals surface area contributed by atoms with Crippen molar-refractivity contribution in [2.45, 2.75) is 51.4 Å². The molecule has 0 saturated carbocycles. The van der Waals surface area contributed by atoms with E-state index >= 15 is 0 Å². The van der Waals surface area contributed by atoms with E-state index < -0.39 is 5.97 Å². The summed E-state index contributed by atoms with van der Waals surface area (Å²) in [7, 11) is 1.92. The quantitative estimate of drug-likeness (QED) is 0.371. The summed E-state index contributed by atoms with van der Waals surface area (Å²) in [5, 5.41) is 8.54. The third kappa shape index (κ3) is 8.86. The van der Waals surface area contributed by atoms with E-state index in [-0.39, 0.29) is 0 Å². The van der Waals surface area contributed by atoms with E-state index in [2.05, 4.69) is 4.99 Å². The van der Waals surface area contributed by atoms with Crippen LogP contribution < -0.4 is 10.6 Å². The van der Waals surface area contributed by atoms with Gasteiger partial charge in [0.15, 0.2) is 5.96 Å². The number of carbonyl (C=O) groups is 1. The van der Waals surface area contributed by atoms with Crippen LogP contribution in [0.4, 0.5) is 5.69 Å². The van der Waals surface area contributed by atoms with Gasteiger partial charge in [-0.2, -0.15) is 0 Å². The lowest BCUT2D eigenvalue weighted by molar-refractivity contribution is -0.137. The minimum Gasteiger partial charge on any atom is -0.481 e. The number of carboxylic acids is 1. The molecule has 0 saturated heterocycles. The molecule has 0 fully saturated rings. The number of rotatable bonds is 11. The second-order valence-corrected chi connectivity index (χ2v) is 5.75. The molecule has 0 heterocycles. The first kappa shape index (κ1) is 19.0. The minimum absolute atomic E-state index is 0.295. The van der Waals surface area contributed by atoms with Gasteiger partial charge in [-0.05, 0) is 25.0 Å². The normalized spacial score (nSPS) is 11.4. The van der Waals surface area contributed by atoms with Gasteiger partial charge < -0.3 is 15.7 Å². The van der Waals surface area contributed by atoms with Gasteiger partial charge in [-0.25, -0.2) is 0 Å². The summed E-state index contributed by atoms with van der Waals surface area (Å²) in [6, 6.07) is 9.96. The predicted octanol–water partition coefficient (Wildman–Crippen LogP) is 3.64. The van der Waals surface area contributed by atoms with Crippen LogP contribution in [-0.4, -0.2) is 30.6 Å². The molecule has 1 rings (SSSR count). The second kappa shape index (κ2) is 11.5. The third-order valence-corrected chi connectivity index (χ3v) is 3.81. The monoisotopic (exact) mass is 319 g/mol. The van der Waals surface area contributed by atoms with E-state index in [0.29, 0.717) is 12.4 Å². The van der Waals surface area contributed by atoms with Crippen LogP contribution >= 0.6 is 0 Å². The van der Waals surface area contributed by atoms with Gasteiger partial charge in [0.25, 0.3) is 0 Å². The molecule has 1 aromatic rings. The molecule has 0 aliphatic carbocycles. The molecule has 0 bridgehead atoms. The Morgan fingerprint density at radius 1 is 1.04 bits per heavy atom. The molecule has 0 unspecified atom stereocenters. The number of carboxylic acid groups (broad SMARTS) is 1. The lowest BCUT2D eigenvalue weighted by Gasteiger charge is -2.17. The summed E-state index contributed by atoms with van der Waals surface area (Å²) in [4.78, 5) is 16.7. The number of anilines is 1. The molecule has 0 aliphatic heterocycles. The maximum absolute atomic E-state index is 10.4. The van der Waals surface area contributed by atoms with Gasteiger partial charge in [-0.3, -0.25) is 9.79 Å². The molecule has 128 valence electrons. The molecule has 0 aliphatic rings. The standard InChI is InChI=1S/C18H29N3O2/c1-21(16-12-8-7-9-13-16)18(19)20-15-11-6-4-2-3-5-10-14-17(22)23/h7-9,12-13H,2-6,10-11,14-15H2,1H3,(H2,19,20)(H,22,23). The Balaban J connectivity index is 2.06. The zero-order chi connectivity index (χ0) is 16.9. The molecule has 0 aromatic heterocycles. The molecule has 23 heavy (non-hydrogen) atoms. The number of hydrogen-bond donors (Lipinski definition) is 2. The van der Waals surface area contributed by atoms with Crippen molar-refractivity contribution < 1.29 is 9.90 Å². The molecular formula is C18H29N3O2. The minimum atomic E-state index is -0.694.